The van der Waals surface area contributed by atoms with Crippen LogP contribution in [-0.4, -0.2) is 25.4 Å². The minimum atomic E-state index is -4.17. The number of nitrogens with zero attached hydrogens (tertiary/aromatic N) is 2. The third-order valence-electron chi connectivity index (χ3n) is 3.55. The molecular weight excluding hydrogens is 346 g/mol. The van der Waals surface area contributed by atoms with Gasteiger partial charge in [0, 0.05) is 17.6 Å². The number of pyridine rings is 1. The average molecular weight is 359 g/mol. The number of benzene rings is 2. The first kappa shape index (κ1) is 16.7. The van der Waals surface area contributed by atoms with Crippen LogP contribution in [0.4, 0.5) is 11.4 Å². The van der Waals surface area contributed by atoms with Crippen LogP contribution in [0.5, 0.6) is 5.75 Å². The first-order valence-electron chi connectivity index (χ1n) is 7.12. The van der Waals surface area contributed by atoms with E-state index in [1.807, 2.05) is 0 Å². The minimum absolute atomic E-state index is 0.203. The fraction of sp³-hybridized carbons (Fsp3) is 0.0625. The van der Waals surface area contributed by atoms with Gasteiger partial charge in [0.15, 0.2) is 4.90 Å². The largest absolute Gasteiger partial charge is 0.496 e. The first-order valence-corrected chi connectivity index (χ1v) is 8.60. The topological polar surface area (TPSA) is 111 Å². The Morgan fingerprint density at radius 1 is 1.12 bits per heavy atom. The maximum atomic E-state index is 12.7. The molecule has 0 aliphatic heterocycles. The van der Waals surface area contributed by atoms with Crippen LogP contribution in [0.3, 0.4) is 0 Å². The number of sulfonamides is 1. The summed E-state index contributed by atoms with van der Waals surface area (Å²) in [7, 11) is -2.67. The first-order chi connectivity index (χ1) is 11.9. The molecular formula is C16H13N3O5S. The summed E-state index contributed by atoms with van der Waals surface area (Å²) < 4.78 is 32.9. The van der Waals surface area contributed by atoms with Crippen LogP contribution in [0.2, 0.25) is 0 Å². The van der Waals surface area contributed by atoms with Gasteiger partial charge >= 0.3 is 0 Å². The molecule has 0 radical (unpaired) electrons. The zero-order valence-electron chi connectivity index (χ0n) is 13.0. The molecule has 0 spiro atoms. The number of ether oxygens (including phenoxy) is 1. The van der Waals surface area contributed by atoms with Crippen LogP contribution in [0.15, 0.2) is 59.6 Å². The number of rotatable bonds is 5. The van der Waals surface area contributed by atoms with E-state index < -0.39 is 25.5 Å². The summed E-state index contributed by atoms with van der Waals surface area (Å²) in [6, 6.07) is 11.7. The average Bonchev–Trinajstić information content (AvgIpc) is 2.62. The van der Waals surface area contributed by atoms with Gasteiger partial charge in [0.1, 0.15) is 5.75 Å². The van der Waals surface area contributed by atoms with E-state index in [-0.39, 0.29) is 5.69 Å². The van der Waals surface area contributed by atoms with E-state index in [1.165, 1.54) is 37.6 Å². The van der Waals surface area contributed by atoms with Crippen molar-refractivity contribution in [2.45, 2.75) is 4.90 Å². The summed E-state index contributed by atoms with van der Waals surface area (Å²) >= 11 is 0. The van der Waals surface area contributed by atoms with Crippen LogP contribution in [-0.2, 0) is 10.0 Å². The fourth-order valence-corrected chi connectivity index (χ4v) is 3.68. The summed E-state index contributed by atoms with van der Waals surface area (Å²) in [5.74, 6) is 0.539. The van der Waals surface area contributed by atoms with E-state index in [2.05, 4.69) is 9.71 Å². The van der Waals surface area contributed by atoms with E-state index >= 15 is 0 Å². The number of aromatic nitrogens is 1. The van der Waals surface area contributed by atoms with Gasteiger partial charge in [0.05, 0.1) is 23.2 Å². The second-order valence-electron chi connectivity index (χ2n) is 5.05. The van der Waals surface area contributed by atoms with Gasteiger partial charge < -0.3 is 4.74 Å². The molecule has 0 aliphatic carbocycles. The number of para-hydroxylation sites is 1. The molecule has 0 bridgehead atoms. The lowest BCUT2D eigenvalue weighted by atomic mass is 10.2. The van der Waals surface area contributed by atoms with Gasteiger partial charge in [-0.05, 0) is 30.3 Å². The number of hydrogen-bond donors (Lipinski definition) is 1. The molecule has 0 unspecified atom stereocenters. The Bertz CT molecular complexity index is 1070. The Morgan fingerprint density at radius 2 is 1.88 bits per heavy atom. The zero-order chi connectivity index (χ0) is 18.0. The van der Waals surface area contributed by atoms with Crippen molar-refractivity contribution in [1.82, 2.24) is 4.98 Å². The number of anilines is 1. The Labute approximate surface area is 143 Å². The number of methoxy groups -OCH3 is 1. The number of nitro groups is 1. The Kier molecular flexibility index (Phi) is 4.24. The van der Waals surface area contributed by atoms with Crippen molar-refractivity contribution in [2.24, 2.45) is 0 Å². The lowest BCUT2D eigenvalue weighted by Gasteiger charge is -2.12. The van der Waals surface area contributed by atoms with Gasteiger partial charge in [0.25, 0.3) is 15.7 Å². The smallest absolute Gasteiger partial charge is 0.289 e. The Balaban J connectivity index is 2.12. The van der Waals surface area contributed by atoms with Crippen LogP contribution >= 0.6 is 0 Å². The van der Waals surface area contributed by atoms with Gasteiger partial charge in [-0.3, -0.25) is 19.8 Å². The molecule has 3 rings (SSSR count). The maximum absolute atomic E-state index is 12.7. The second-order valence-corrected chi connectivity index (χ2v) is 6.70. The maximum Gasteiger partial charge on any atom is 0.289 e. The number of nitro benzene ring substituents is 1. The Hall–Kier alpha value is -3.20. The third kappa shape index (κ3) is 3.09. The summed E-state index contributed by atoms with van der Waals surface area (Å²) in [6.07, 6.45) is 1.52. The molecule has 0 amide bonds. The van der Waals surface area contributed by atoms with Crippen molar-refractivity contribution in [3.05, 3.63) is 64.8 Å². The monoisotopic (exact) mass is 359 g/mol. The molecule has 0 fully saturated rings. The van der Waals surface area contributed by atoms with Gasteiger partial charge in [-0.2, -0.15) is 0 Å². The summed E-state index contributed by atoms with van der Waals surface area (Å²) in [4.78, 5) is 14.1. The molecule has 8 nitrogen and oxygen atoms in total. The predicted molar refractivity (Wildman–Crippen MR) is 92.2 cm³/mol. The van der Waals surface area contributed by atoms with Crippen molar-refractivity contribution >= 4 is 32.3 Å². The van der Waals surface area contributed by atoms with E-state index in [4.69, 9.17) is 4.74 Å². The summed E-state index contributed by atoms with van der Waals surface area (Å²) in [5.41, 5.74) is 0.0827. The molecule has 0 aliphatic rings. The van der Waals surface area contributed by atoms with Gasteiger partial charge in [-0.1, -0.05) is 12.1 Å². The third-order valence-corrected chi connectivity index (χ3v) is 4.96. The van der Waals surface area contributed by atoms with Crippen LogP contribution in [0, 0.1) is 10.1 Å². The van der Waals surface area contributed by atoms with Crippen molar-refractivity contribution in [3.63, 3.8) is 0 Å². The minimum Gasteiger partial charge on any atom is -0.496 e. The highest BCUT2D eigenvalue weighted by molar-refractivity contribution is 7.92. The molecule has 0 atom stereocenters. The molecule has 128 valence electrons. The van der Waals surface area contributed by atoms with E-state index in [1.54, 1.807) is 18.2 Å². The lowest BCUT2D eigenvalue weighted by Crippen LogP contribution is -2.15. The molecule has 2 aromatic carbocycles. The number of nitrogens with one attached hydrogen (secondary N) is 1. The van der Waals surface area contributed by atoms with E-state index in [0.717, 1.165) is 6.07 Å². The van der Waals surface area contributed by atoms with Gasteiger partial charge in [-0.25, -0.2) is 8.42 Å². The molecule has 9 heteroatoms. The highest BCUT2D eigenvalue weighted by atomic mass is 32.2. The van der Waals surface area contributed by atoms with E-state index in [9.17, 15) is 18.5 Å². The normalized spacial score (nSPS) is 11.2. The molecule has 3 aromatic rings. The molecule has 1 N–H and O–H groups in total. The van der Waals surface area contributed by atoms with Crippen LogP contribution < -0.4 is 9.46 Å². The van der Waals surface area contributed by atoms with Gasteiger partial charge in [-0.15, -0.1) is 0 Å². The quantitative estimate of drug-likeness (QED) is 0.554. The van der Waals surface area contributed by atoms with E-state index in [0.29, 0.717) is 16.7 Å². The zero-order valence-corrected chi connectivity index (χ0v) is 13.9. The summed E-state index contributed by atoms with van der Waals surface area (Å²) in [6.45, 7) is 0. The molecule has 25 heavy (non-hydrogen) atoms. The van der Waals surface area contributed by atoms with Crippen LogP contribution in [0.1, 0.15) is 0 Å². The SMILES string of the molecule is COc1ccc(NS(=O)(=O)c2ccccc2[N+](=O)[O-])c2ncccc12. The lowest BCUT2D eigenvalue weighted by molar-refractivity contribution is -0.387. The number of hydrogen-bond acceptors (Lipinski definition) is 6. The molecule has 1 aromatic heterocycles. The second kappa shape index (κ2) is 6.36. The number of fused-ring (bicyclic) bond motifs is 1. The molecule has 1 heterocycles. The van der Waals surface area contributed by atoms with Crippen LogP contribution in [0.25, 0.3) is 10.9 Å². The van der Waals surface area contributed by atoms with Crippen molar-refractivity contribution < 1.29 is 18.1 Å². The fourth-order valence-electron chi connectivity index (χ4n) is 2.44. The van der Waals surface area contributed by atoms with Gasteiger partial charge in [0.2, 0.25) is 0 Å². The van der Waals surface area contributed by atoms with Crippen molar-refractivity contribution in [1.29, 1.82) is 0 Å². The van der Waals surface area contributed by atoms with Crippen molar-refractivity contribution in [3.8, 4) is 5.75 Å². The predicted octanol–water partition coefficient (Wildman–Crippen LogP) is 2.95. The standard InChI is InChI=1S/C16H13N3O5S/c1-24-14-9-8-12(16-11(14)5-4-10-17-16)18-25(22,23)15-7-3-2-6-13(15)19(20)21/h2-10,18H,1H3. The molecule has 0 saturated carbocycles. The molecule has 0 saturated heterocycles. The highest BCUT2D eigenvalue weighted by Gasteiger charge is 2.26. The Morgan fingerprint density at radius 3 is 2.60 bits per heavy atom. The highest BCUT2D eigenvalue weighted by Crippen LogP contribution is 2.32. The summed E-state index contributed by atoms with van der Waals surface area (Å²) in [5, 5.41) is 11.7. The van der Waals surface area contributed by atoms with Crippen molar-refractivity contribution in [2.75, 3.05) is 11.8 Å².